The Balaban J connectivity index is 0.00000518. The molecule has 0 amide bonds. The summed E-state index contributed by atoms with van der Waals surface area (Å²) in [4.78, 5) is 29.3. The molecule has 0 atom stereocenters. The van der Waals surface area contributed by atoms with Gasteiger partial charge in [0.2, 0.25) is 5.95 Å². The maximum Gasteiger partial charge on any atom is 0.205 e. The van der Waals surface area contributed by atoms with Gasteiger partial charge in [0.05, 0.1) is 5.69 Å². The number of fused-ring (bicyclic) bond motifs is 4. The van der Waals surface area contributed by atoms with E-state index in [1.165, 1.54) is 16.7 Å². The minimum Gasteiger partial charge on any atom is -0.509 e. The topological polar surface area (TPSA) is 85.1 Å². The van der Waals surface area contributed by atoms with Gasteiger partial charge in [-0.25, -0.2) is 15.0 Å². The summed E-state index contributed by atoms with van der Waals surface area (Å²) in [6.45, 7) is 21.3. The van der Waals surface area contributed by atoms with Gasteiger partial charge in [0.25, 0.3) is 0 Å². The number of hydrogen-bond donors (Lipinski definition) is 0. The molecule has 1 aliphatic heterocycles. The molecule has 0 N–H and O–H groups in total. The van der Waals surface area contributed by atoms with Gasteiger partial charge in [-0.05, 0) is 110 Å². The number of hydrogen-bond acceptors (Lipinski definition) is 8. The molecule has 9 aromatic rings. The van der Waals surface area contributed by atoms with Crippen LogP contribution >= 0.6 is 0 Å². The van der Waals surface area contributed by atoms with E-state index in [2.05, 4.69) is 146 Å². The van der Waals surface area contributed by atoms with E-state index in [0.29, 0.717) is 34.9 Å². The maximum atomic E-state index is 6.59. The Morgan fingerprint density at radius 1 is 0.594 bits per heavy atom. The van der Waals surface area contributed by atoms with Crippen molar-refractivity contribution in [1.82, 2.24) is 29.5 Å². The average molecular weight is 1020 g/mol. The summed E-state index contributed by atoms with van der Waals surface area (Å²) in [6.07, 6.45) is 3.68. The van der Waals surface area contributed by atoms with Crippen molar-refractivity contribution in [2.24, 2.45) is 0 Å². The SMILES string of the molecule is Cc1cc(C)c(-c2nc(-c3c(C)cc(C)cc3C)nc(N3[CH-]N(c4[c-]c(Oc5[c-]c6c(cc5)c5ccccc5n6-c5cc(C(C)(C)C)ccn5)ccc4)c4ncccc43)n2)c(C)c1.[Pt]. The zero-order valence-corrected chi connectivity index (χ0v) is 39.6. The molecule has 0 aliphatic carbocycles. The third-order valence-electron chi connectivity index (χ3n) is 11.8. The monoisotopic (exact) mass is 1020 g/mol. The van der Waals surface area contributed by atoms with Crippen LogP contribution in [0.2, 0.25) is 0 Å². The normalized spacial score (nSPS) is 12.5. The van der Waals surface area contributed by atoms with Gasteiger partial charge in [-0.2, -0.15) is 22.1 Å². The Morgan fingerprint density at radius 3 is 1.92 bits per heavy atom. The Bertz CT molecular complexity index is 3150. The van der Waals surface area contributed by atoms with Gasteiger partial charge in [0.15, 0.2) is 11.6 Å². The van der Waals surface area contributed by atoms with Crippen LogP contribution in [-0.4, -0.2) is 29.5 Å². The molecule has 10 rings (SSSR count). The van der Waals surface area contributed by atoms with E-state index in [0.717, 1.165) is 72.4 Å². The van der Waals surface area contributed by atoms with Crippen molar-refractivity contribution in [3.63, 3.8) is 0 Å². The summed E-state index contributed by atoms with van der Waals surface area (Å²) in [7, 11) is 0. The fourth-order valence-corrected chi connectivity index (χ4v) is 9.03. The maximum absolute atomic E-state index is 6.59. The predicted molar refractivity (Wildman–Crippen MR) is 253 cm³/mol. The number of para-hydroxylation sites is 1. The summed E-state index contributed by atoms with van der Waals surface area (Å²) in [5.74, 6) is 4.36. The first kappa shape index (κ1) is 42.6. The Morgan fingerprint density at radius 2 is 1.25 bits per heavy atom. The molecule has 10 heteroatoms. The van der Waals surface area contributed by atoms with Gasteiger partial charge in [-0.1, -0.05) is 85.6 Å². The predicted octanol–water partition coefficient (Wildman–Crippen LogP) is 13.0. The number of rotatable bonds is 7. The minimum absolute atomic E-state index is 0. The van der Waals surface area contributed by atoms with Crippen molar-refractivity contribution >= 4 is 44.9 Å². The van der Waals surface area contributed by atoms with Gasteiger partial charge >= 0.3 is 0 Å². The molecular formula is C54H47N8OPt-3. The fourth-order valence-electron chi connectivity index (χ4n) is 9.03. The molecule has 5 heterocycles. The van der Waals surface area contributed by atoms with Gasteiger partial charge in [0.1, 0.15) is 11.6 Å². The quantitative estimate of drug-likeness (QED) is 0.146. The molecule has 0 unspecified atom stereocenters. The second-order valence-corrected chi connectivity index (χ2v) is 17.6. The minimum atomic E-state index is -0.0360. The van der Waals surface area contributed by atoms with E-state index in [4.69, 9.17) is 29.7 Å². The molecule has 0 saturated carbocycles. The molecule has 322 valence electrons. The molecule has 5 aromatic carbocycles. The van der Waals surface area contributed by atoms with Gasteiger partial charge in [0, 0.05) is 61.6 Å². The first-order chi connectivity index (χ1) is 30.3. The molecule has 0 fully saturated rings. The van der Waals surface area contributed by atoms with Crippen molar-refractivity contribution < 1.29 is 25.8 Å². The van der Waals surface area contributed by atoms with Crippen LogP contribution in [-0.2, 0) is 26.5 Å². The number of anilines is 4. The van der Waals surface area contributed by atoms with Crippen LogP contribution in [0.3, 0.4) is 0 Å². The van der Waals surface area contributed by atoms with Crippen molar-refractivity contribution in [2.75, 3.05) is 9.80 Å². The van der Waals surface area contributed by atoms with E-state index in [-0.39, 0.29) is 26.5 Å². The van der Waals surface area contributed by atoms with Crippen molar-refractivity contribution in [2.45, 2.75) is 67.7 Å². The molecule has 64 heavy (non-hydrogen) atoms. The van der Waals surface area contributed by atoms with E-state index in [1.807, 2.05) is 59.1 Å². The molecule has 0 radical (unpaired) electrons. The van der Waals surface area contributed by atoms with Crippen molar-refractivity contribution in [3.05, 3.63) is 173 Å². The zero-order chi connectivity index (χ0) is 43.7. The number of nitrogens with zero attached hydrogens (tertiary/aromatic N) is 8. The van der Waals surface area contributed by atoms with Crippen LogP contribution < -0.4 is 14.5 Å². The second kappa shape index (κ2) is 16.5. The van der Waals surface area contributed by atoms with Gasteiger partial charge < -0.3 is 19.1 Å². The van der Waals surface area contributed by atoms with Crippen molar-refractivity contribution in [1.29, 1.82) is 0 Å². The Labute approximate surface area is 389 Å². The number of ether oxygens (including phenoxy) is 1. The standard InChI is InChI=1S/C54H47N8O.Pt/c1-32-24-34(3)48(35(4)25-32)50-57-51(49-36(5)26-33(2)27-37(49)6)59-53(58-50)61-31-60(52-45(61)18-13-22-56-52)39-14-12-15-40(29-39)63-41-19-20-43-42-16-10-11-17-44(42)62(46(43)30-41)47-28-38(21-23-55-47)54(7,8)9;/h10-28,31H,1-9H3;/q-3;. The van der Waals surface area contributed by atoms with Crippen LogP contribution in [0.25, 0.3) is 50.4 Å². The van der Waals surface area contributed by atoms with Crippen LogP contribution in [0.15, 0.2) is 116 Å². The summed E-state index contributed by atoms with van der Waals surface area (Å²) in [5.41, 5.74) is 13.5. The molecule has 0 spiro atoms. The first-order valence-electron chi connectivity index (χ1n) is 21.2. The zero-order valence-electron chi connectivity index (χ0n) is 37.3. The summed E-state index contributed by atoms with van der Waals surface area (Å²) < 4.78 is 8.76. The number of aromatic nitrogens is 6. The molecule has 4 aromatic heterocycles. The van der Waals surface area contributed by atoms with E-state index in [9.17, 15) is 0 Å². The van der Waals surface area contributed by atoms with E-state index < -0.39 is 0 Å². The summed E-state index contributed by atoms with van der Waals surface area (Å²) >= 11 is 0. The molecule has 9 nitrogen and oxygen atoms in total. The molecule has 0 bridgehead atoms. The third kappa shape index (κ3) is 7.62. The largest absolute Gasteiger partial charge is 0.509 e. The summed E-state index contributed by atoms with van der Waals surface area (Å²) in [5, 5.41) is 2.19. The second-order valence-electron chi connectivity index (χ2n) is 17.6. The average Bonchev–Trinajstić information content (AvgIpc) is 3.79. The van der Waals surface area contributed by atoms with Crippen LogP contribution in [0.4, 0.5) is 23.1 Å². The fraction of sp³-hybridized carbons (Fsp3) is 0.185. The van der Waals surface area contributed by atoms with Crippen LogP contribution in [0.1, 0.15) is 59.7 Å². The van der Waals surface area contributed by atoms with E-state index >= 15 is 0 Å². The smallest absolute Gasteiger partial charge is 0.205 e. The van der Waals surface area contributed by atoms with E-state index in [1.54, 1.807) is 6.20 Å². The number of pyridine rings is 2. The molecular weight excluding hydrogens is 972 g/mol. The Hall–Kier alpha value is -6.70. The molecule has 0 saturated heterocycles. The third-order valence-corrected chi connectivity index (χ3v) is 11.8. The number of benzene rings is 5. The van der Waals surface area contributed by atoms with Crippen LogP contribution in [0, 0.1) is 60.3 Å². The number of aryl methyl sites for hydroxylation is 6. The first-order valence-corrected chi connectivity index (χ1v) is 21.2. The van der Waals surface area contributed by atoms with Gasteiger partial charge in [-0.15, -0.1) is 42.4 Å². The van der Waals surface area contributed by atoms with Crippen molar-refractivity contribution in [3.8, 4) is 40.1 Å². The van der Waals surface area contributed by atoms with Crippen LogP contribution in [0.5, 0.6) is 11.5 Å². The molecule has 1 aliphatic rings. The summed E-state index contributed by atoms with van der Waals surface area (Å²) in [6, 6.07) is 42.4. The van der Waals surface area contributed by atoms with Gasteiger partial charge in [-0.3, -0.25) is 0 Å². The Kier molecular flexibility index (Phi) is 10.9.